The average molecular weight is 531 g/mol. The van der Waals surface area contributed by atoms with Crippen LogP contribution in [0.5, 0.6) is 5.75 Å². The number of carboxylic acids is 1. The van der Waals surface area contributed by atoms with E-state index in [0.717, 1.165) is 12.1 Å². The Kier molecular flexibility index (Phi) is 6.09. The fourth-order valence-electron chi connectivity index (χ4n) is 5.20. The number of nitrogens with zero attached hydrogens (tertiary/aromatic N) is 2. The molecule has 2 aromatic carbocycles. The first-order valence-corrected chi connectivity index (χ1v) is 11.8. The molecule has 1 aliphatic heterocycles. The molecule has 1 amide bonds. The summed E-state index contributed by atoms with van der Waals surface area (Å²) >= 11 is 0. The lowest BCUT2D eigenvalue weighted by molar-refractivity contribution is -0.274. The second kappa shape index (κ2) is 9.05. The molecule has 2 N–H and O–H groups in total. The van der Waals surface area contributed by atoms with Crippen molar-refractivity contribution >= 4 is 33.7 Å². The van der Waals surface area contributed by atoms with E-state index in [9.17, 15) is 27.9 Å². The predicted octanol–water partition coefficient (Wildman–Crippen LogP) is 5.44. The summed E-state index contributed by atoms with van der Waals surface area (Å²) in [5, 5.41) is 14.6. The van der Waals surface area contributed by atoms with Crippen molar-refractivity contribution in [3.05, 3.63) is 46.8 Å². The number of carbonyl (C=O) groups excluding carboxylic acids is 1. The van der Waals surface area contributed by atoms with Crippen molar-refractivity contribution in [1.82, 2.24) is 15.0 Å². The van der Waals surface area contributed by atoms with Gasteiger partial charge in [0, 0.05) is 35.5 Å². The van der Waals surface area contributed by atoms with Crippen molar-refractivity contribution in [1.29, 1.82) is 0 Å². The largest absolute Gasteiger partial charge is 0.573 e. The Morgan fingerprint density at radius 3 is 2.37 bits per heavy atom. The molecule has 2 unspecified atom stereocenters. The van der Waals surface area contributed by atoms with Crippen LogP contribution in [0.3, 0.4) is 0 Å². The number of carboxylic acid groups (broad SMARTS) is 1. The Labute approximate surface area is 214 Å². The zero-order chi connectivity index (χ0) is 27.5. The average Bonchev–Trinajstić information content (AvgIpc) is 3.34. The summed E-state index contributed by atoms with van der Waals surface area (Å²) in [6.45, 7) is 7.48. The van der Waals surface area contributed by atoms with Gasteiger partial charge in [-0.25, -0.2) is 4.79 Å². The number of hydrogen-bond acceptors (Lipinski definition) is 6. The third-order valence-corrected chi connectivity index (χ3v) is 6.50. The molecule has 4 aromatic rings. The van der Waals surface area contributed by atoms with E-state index in [1.54, 1.807) is 33.8 Å². The van der Waals surface area contributed by atoms with Crippen LogP contribution in [0, 0.1) is 13.8 Å². The van der Waals surface area contributed by atoms with Crippen molar-refractivity contribution in [2.45, 2.75) is 46.3 Å². The van der Waals surface area contributed by atoms with E-state index in [1.165, 1.54) is 11.0 Å². The molecule has 0 spiro atoms. The fraction of sp³-hybridized carbons (Fsp3) is 0.346. The number of rotatable bonds is 4. The van der Waals surface area contributed by atoms with Crippen LogP contribution in [0.15, 0.2) is 28.8 Å². The van der Waals surface area contributed by atoms with Crippen molar-refractivity contribution < 1.29 is 41.9 Å². The van der Waals surface area contributed by atoms with Gasteiger partial charge in [0.15, 0.2) is 0 Å². The van der Waals surface area contributed by atoms with Crippen LogP contribution in [-0.2, 0) is 4.74 Å². The Hall–Kier alpha value is -4.06. The maximum absolute atomic E-state index is 13.8. The van der Waals surface area contributed by atoms with Gasteiger partial charge in [-0.05, 0) is 51.5 Å². The van der Waals surface area contributed by atoms with E-state index < -0.39 is 24.0 Å². The lowest BCUT2D eigenvalue weighted by Crippen LogP contribution is -2.48. The molecule has 1 fully saturated rings. The highest BCUT2D eigenvalue weighted by molar-refractivity contribution is 6.21. The van der Waals surface area contributed by atoms with Gasteiger partial charge in [-0.2, -0.15) is 0 Å². The number of amides is 1. The Balaban J connectivity index is 1.81. The highest BCUT2D eigenvalue weighted by Gasteiger charge is 2.34. The monoisotopic (exact) mass is 531 g/mol. The zero-order valence-corrected chi connectivity index (χ0v) is 20.9. The summed E-state index contributed by atoms with van der Waals surface area (Å²) in [4.78, 5) is 30.5. The van der Waals surface area contributed by atoms with Gasteiger partial charge >= 0.3 is 12.3 Å². The number of ether oxygens (including phenoxy) is 2. The van der Waals surface area contributed by atoms with Gasteiger partial charge < -0.3 is 29.0 Å². The first-order valence-electron chi connectivity index (χ1n) is 11.8. The molecule has 0 radical (unpaired) electrons. The topological polar surface area (TPSA) is 118 Å². The summed E-state index contributed by atoms with van der Waals surface area (Å²) in [5.41, 5.74) is 1.70. The summed E-state index contributed by atoms with van der Waals surface area (Å²) < 4.78 is 54.6. The molecule has 1 aliphatic rings. The minimum Gasteiger partial charge on any atom is -0.478 e. The smallest absolute Gasteiger partial charge is 0.478 e. The molecule has 5 rings (SSSR count). The number of aromatic amines is 1. The van der Waals surface area contributed by atoms with Crippen LogP contribution in [0.4, 0.5) is 13.2 Å². The SMILES string of the molecule is Cc1noc(C)c1-c1cc(C(=O)O)c2[nH]c3cc(OC(F)(F)F)cc(C(=O)N4CC(C)OC(C)C4)c3c2c1. The molecule has 1 saturated heterocycles. The second-order valence-electron chi connectivity index (χ2n) is 9.48. The van der Waals surface area contributed by atoms with Crippen LogP contribution in [0.2, 0.25) is 0 Å². The lowest BCUT2D eigenvalue weighted by atomic mass is 9.96. The molecule has 12 heteroatoms. The minimum atomic E-state index is -5.00. The normalized spacial score (nSPS) is 18.3. The number of hydrogen-bond donors (Lipinski definition) is 2. The standard InChI is InChI=1S/C26H24F3N3O6/c1-11-9-32(10-12(2)36-11)24(33)18-7-16(37-26(27,28)29)8-20-22(18)17-5-15(21-13(3)31-38-14(21)4)6-19(25(34)35)23(17)30-20/h5-8,11-12,30H,9-10H2,1-4H3,(H,34,35). The van der Waals surface area contributed by atoms with Crippen LogP contribution in [0.25, 0.3) is 32.9 Å². The molecule has 2 aromatic heterocycles. The highest BCUT2D eigenvalue weighted by Crippen LogP contribution is 2.39. The Morgan fingerprint density at radius 1 is 1.11 bits per heavy atom. The van der Waals surface area contributed by atoms with Crippen LogP contribution < -0.4 is 4.74 Å². The number of carbonyl (C=O) groups is 2. The number of aryl methyl sites for hydroxylation is 2. The van der Waals surface area contributed by atoms with E-state index >= 15 is 0 Å². The van der Waals surface area contributed by atoms with Crippen LogP contribution in [0.1, 0.15) is 46.0 Å². The summed E-state index contributed by atoms with van der Waals surface area (Å²) in [7, 11) is 0. The molecule has 200 valence electrons. The van der Waals surface area contributed by atoms with Crippen LogP contribution >= 0.6 is 0 Å². The number of alkyl halides is 3. The molecule has 0 aliphatic carbocycles. The van der Waals surface area contributed by atoms with E-state index in [-0.39, 0.29) is 52.8 Å². The molecule has 9 nitrogen and oxygen atoms in total. The molecule has 3 heterocycles. The van der Waals surface area contributed by atoms with Crippen LogP contribution in [-0.4, -0.2) is 63.7 Å². The molecule has 38 heavy (non-hydrogen) atoms. The van der Waals surface area contributed by atoms with Crippen molar-refractivity contribution in [3.8, 4) is 16.9 Å². The van der Waals surface area contributed by atoms with Gasteiger partial charge in [-0.1, -0.05) is 5.16 Å². The number of halogens is 3. The zero-order valence-electron chi connectivity index (χ0n) is 20.9. The van der Waals surface area contributed by atoms with Gasteiger partial charge in [0.1, 0.15) is 11.5 Å². The summed E-state index contributed by atoms with van der Waals surface area (Å²) in [6.07, 6.45) is -5.55. The fourth-order valence-corrected chi connectivity index (χ4v) is 5.20. The summed E-state index contributed by atoms with van der Waals surface area (Å²) in [5.74, 6) is -1.92. The van der Waals surface area contributed by atoms with Gasteiger partial charge in [0.25, 0.3) is 5.91 Å². The number of aromatic carboxylic acids is 1. The number of aromatic nitrogens is 2. The minimum absolute atomic E-state index is 0.0541. The highest BCUT2D eigenvalue weighted by atomic mass is 19.4. The van der Waals surface area contributed by atoms with Crippen molar-refractivity contribution in [3.63, 3.8) is 0 Å². The first-order chi connectivity index (χ1) is 17.8. The number of fused-ring (bicyclic) bond motifs is 3. The number of morpholine rings is 1. The van der Waals surface area contributed by atoms with E-state index in [1.807, 2.05) is 0 Å². The number of nitrogens with one attached hydrogen (secondary N) is 1. The first kappa shape index (κ1) is 25.6. The maximum atomic E-state index is 13.8. The van der Waals surface area contributed by atoms with E-state index in [0.29, 0.717) is 28.0 Å². The van der Waals surface area contributed by atoms with Gasteiger partial charge in [0.2, 0.25) is 0 Å². The third-order valence-electron chi connectivity index (χ3n) is 6.50. The van der Waals surface area contributed by atoms with Gasteiger partial charge in [-0.15, -0.1) is 13.2 Å². The molecular formula is C26H24F3N3O6. The van der Waals surface area contributed by atoms with Crippen molar-refractivity contribution in [2.75, 3.05) is 13.1 Å². The molecular weight excluding hydrogens is 507 g/mol. The Morgan fingerprint density at radius 2 is 1.79 bits per heavy atom. The second-order valence-corrected chi connectivity index (χ2v) is 9.48. The maximum Gasteiger partial charge on any atom is 0.573 e. The third kappa shape index (κ3) is 4.55. The summed E-state index contributed by atoms with van der Waals surface area (Å²) in [6, 6.07) is 5.26. The Bertz CT molecular complexity index is 1560. The lowest BCUT2D eigenvalue weighted by Gasteiger charge is -2.35. The quantitative estimate of drug-likeness (QED) is 0.360. The molecule has 2 atom stereocenters. The molecule has 0 bridgehead atoms. The van der Waals surface area contributed by atoms with E-state index in [4.69, 9.17) is 9.26 Å². The van der Waals surface area contributed by atoms with Gasteiger partial charge in [0.05, 0.1) is 40.1 Å². The number of H-pyrrole nitrogens is 1. The number of benzene rings is 2. The van der Waals surface area contributed by atoms with Gasteiger partial charge in [-0.3, -0.25) is 4.79 Å². The predicted molar refractivity (Wildman–Crippen MR) is 130 cm³/mol. The van der Waals surface area contributed by atoms with Crippen molar-refractivity contribution in [2.24, 2.45) is 0 Å². The van der Waals surface area contributed by atoms with E-state index in [2.05, 4.69) is 14.9 Å². The molecule has 0 saturated carbocycles.